The fourth-order valence-electron chi connectivity index (χ4n) is 2.87. The predicted molar refractivity (Wildman–Crippen MR) is 88.3 cm³/mol. The van der Waals surface area contributed by atoms with E-state index in [9.17, 15) is 4.79 Å². The highest BCUT2D eigenvalue weighted by Crippen LogP contribution is 2.20. The van der Waals surface area contributed by atoms with Crippen LogP contribution in [0.5, 0.6) is 0 Å². The van der Waals surface area contributed by atoms with Crippen LogP contribution in [-0.4, -0.2) is 51.9 Å². The number of rotatable bonds is 3. The first-order valence-corrected chi connectivity index (χ1v) is 7.87. The first kappa shape index (κ1) is 15.4. The molecule has 0 saturated carbocycles. The van der Waals surface area contributed by atoms with Crippen molar-refractivity contribution in [1.29, 1.82) is 0 Å². The van der Waals surface area contributed by atoms with Gasteiger partial charge in [0, 0.05) is 38.6 Å². The molecule has 0 radical (unpaired) electrons. The first-order chi connectivity index (χ1) is 11.1. The van der Waals surface area contributed by atoms with Crippen LogP contribution in [0, 0.1) is 6.92 Å². The van der Waals surface area contributed by atoms with Crippen LogP contribution in [0.15, 0.2) is 36.8 Å². The Bertz CT molecular complexity index is 658. The van der Waals surface area contributed by atoms with E-state index in [0.29, 0.717) is 5.69 Å². The van der Waals surface area contributed by atoms with Crippen LogP contribution in [0.2, 0.25) is 0 Å². The average Bonchev–Trinajstić information content (AvgIpc) is 2.62. The maximum atomic E-state index is 12.6. The largest absolute Gasteiger partial charge is 0.355 e. The van der Waals surface area contributed by atoms with E-state index in [1.807, 2.05) is 32.2 Å². The van der Waals surface area contributed by atoms with Crippen LogP contribution < -0.4 is 4.90 Å². The smallest absolute Gasteiger partial charge is 0.274 e. The van der Waals surface area contributed by atoms with Gasteiger partial charge in [-0.05, 0) is 31.9 Å². The van der Waals surface area contributed by atoms with Crippen LogP contribution in [0.4, 0.5) is 5.82 Å². The summed E-state index contributed by atoms with van der Waals surface area (Å²) in [5, 5.41) is 0. The third-order valence-corrected chi connectivity index (χ3v) is 4.24. The molecule has 1 saturated heterocycles. The van der Waals surface area contributed by atoms with Crippen molar-refractivity contribution < 1.29 is 4.79 Å². The number of aryl methyl sites for hydroxylation is 1. The summed E-state index contributed by atoms with van der Waals surface area (Å²) in [5.41, 5.74) is 1.20. The maximum Gasteiger partial charge on any atom is 0.274 e. The minimum absolute atomic E-state index is 0.0784. The standard InChI is InChI=1S/C17H21N5O/c1-13-10-20-15(11-19-13)17(23)21(2)14-6-5-9-22(12-14)16-7-3-4-8-18-16/h3-4,7-8,10-11,14H,5-6,9,12H2,1-2H3. The van der Waals surface area contributed by atoms with Gasteiger partial charge >= 0.3 is 0 Å². The van der Waals surface area contributed by atoms with E-state index in [0.717, 1.165) is 37.4 Å². The highest BCUT2D eigenvalue weighted by molar-refractivity contribution is 5.92. The number of likely N-dealkylation sites (N-methyl/N-ethyl adjacent to an activating group) is 1. The Kier molecular flexibility index (Phi) is 4.50. The molecule has 2 aromatic heterocycles. The van der Waals surface area contributed by atoms with Gasteiger partial charge < -0.3 is 9.80 Å². The van der Waals surface area contributed by atoms with E-state index in [1.165, 1.54) is 0 Å². The molecule has 0 N–H and O–H groups in total. The Morgan fingerprint density at radius 3 is 2.83 bits per heavy atom. The van der Waals surface area contributed by atoms with Crippen molar-refractivity contribution >= 4 is 11.7 Å². The molecule has 6 nitrogen and oxygen atoms in total. The van der Waals surface area contributed by atoms with Crippen LogP contribution in [-0.2, 0) is 0 Å². The molecule has 3 rings (SSSR count). The number of amides is 1. The fraction of sp³-hybridized carbons (Fsp3) is 0.412. The van der Waals surface area contributed by atoms with Gasteiger partial charge in [0.15, 0.2) is 0 Å². The van der Waals surface area contributed by atoms with Gasteiger partial charge in [-0.1, -0.05) is 6.07 Å². The molecule has 1 fully saturated rings. The molecule has 1 atom stereocenters. The third-order valence-electron chi connectivity index (χ3n) is 4.24. The van der Waals surface area contributed by atoms with Gasteiger partial charge in [0.05, 0.1) is 11.9 Å². The van der Waals surface area contributed by atoms with Crippen molar-refractivity contribution in [2.45, 2.75) is 25.8 Å². The molecule has 2 aromatic rings. The van der Waals surface area contributed by atoms with E-state index in [1.54, 1.807) is 23.5 Å². The second-order valence-corrected chi connectivity index (χ2v) is 5.89. The molecule has 0 spiro atoms. The molecular formula is C17H21N5O. The second-order valence-electron chi connectivity index (χ2n) is 5.89. The number of hydrogen-bond acceptors (Lipinski definition) is 5. The molecule has 23 heavy (non-hydrogen) atoms. The summed E-state index contributed by atoms with van der Waals surface area (Å²) in [7, 11) is 1.84. The topological polar surface area (TPSA) is 62.2 Å². The zero-order chi connectivity index (χ0) is 16.2. The number of carbonyl (C=O) groups excluding carboxylic acids is 1. The van der Waals surface area contributed by atoms with Crippen molar-refractivity contribution in [2.75, 3.05) is 25.0 Å². The molecule has 1 amide bonds. The summed E-state index contributed by atoms with van der Waals surface area (Å²) in [5.74, 6) is 0.888. The Hall–Kier alpha value is -2.50. The highest BCUT2D eigenvalue weighted by atomic mass is 16.2. The number of aromatic nitrogens is 3. The molecule has 1 aliphatic heterocycles. The molecular weight excluding hydrogens is 290 g/mol. The Morgan fingerprint density at radius 2 is 2.13 bits per heavy atom. The van der Waals surface area contributed by atoms with E-state index in [2.05, 4.69) is 19.9 Å². The molecule has 0 bridgehead atoms. The van der Waals surface area contributed by atoms with Gasteiger partial charge in [-0.2, -0.15) is 0 Å². The minimum Gasteiger partial charge on any atom is -0.355 e. The zero-order valence-corrected chi connectivity index (χ0v) is 13.5. The molecule has 1 unspecified atom stereocenters. The summed E-state index contributed by atoms with van der Waals surface area (Å²) in [6.07, 6.45) is 7.01. The summed E-state index contributed by atoms with van der Waals surface area (Å²) in [6.45, 7) is 3.62. The molecule has 3 heterocycles. The number of piperidine rings is 1. The predicted octanol–water partition coefficient (Wildman–Crippen LogP) is 1.92. The highest BCUT2D eigenvalue weighted by Gasteiger charge is 2.27. The summed E-state index contributed by atoms with van der Waals surface area (Å²) < 4.78 is 0. The van der Waals surface area contributed by atoms with Crippen LogP contribution in [0.3, 0.4) is 0 Å². The van der Waals surface area contributed by atoms with Crippen molar-refractivity contribution in [2.24, 2.45) is 0 Å². The number of anilines is 1. The Morgan fingerprint density at radius 1 is 1.26 bits per heavy atom. The SMILES string of the molecule is Cc1cnc(C(=O)N(C)C2CCCN(c3ccccn3)C2)cn1. The normalized spacial score (nSPS) is 17.8. The lowest BCUT2D eigenvalue weighted by Crippen LogP contribution is -2.49. The third kappa shape index (κ3) is 3.47. The van der Waals surface area contributed by atoms with Crippen molar-refractivity contribution in [3.05, 3.63) is 48.2 Å². The van der Waals surface area contributed by atoms with Crippen molar-refractivity contribution in [3.8, 4) is 0 Å². The monoisotopic (exact) mass is 311 g/mol. The van der Waals surface area contributed by atoms with Crippen LogP contribution in [0.25, 0.3) is 0 Å². The van der Waals surface area contributed by atoms with Crippen molar-refractivity contribution in [3.63, 3.8) is 0 Å². The van der Waals surface area contributed by atoms with E-state index in [4.69, 9.17) is 0 Å². The lowest BCUT2D eigenvalue weighted by Gasteiger charge is -2.38. The number of pyridine rings is 1. The average molecular weight is 311 g/mol. The fourth-order valence-corrected chi connectivity index (χ4v) is 2.87. The lowest BCUT2D eigenvalue weighted by atomic mass is 10.0. The Labute approximate surface area is 136 Å². The first-order valence-electron chi connectivity index (χ1n) is 7.87. The minimum atomic E-state index is -0.0784. The van der Waals surface area contributed by atoms with Crippen LogP contribution >= 0.6 is 0 Å². The summed E-state index contributed by atoms with van der Waals surface area (Å²) in [4.78, 5) is 29.4. The molecule has 0 aliphatic carbocycles. The van der Waals surface area contributed by atoms with Gasteiger partial charge in [0.2, 0.25) is 0 Å². The number of carbonyl (C=O) groups is 1. The van der Waals surface area contributed by atoms with Gasteiger partial charge in [0.25, 0.3) is 5.91 Å². The summed E-state index contributed by atoms with van der Waals surface area (Å²) in [6, 6.07) is 6.07. The molecule has 6 heteroatoms. The Balaban J connectivity index is 1.70. The molecule has 1 aliphatic rings. The van der Waals surface area contributed by atoms with Gasteiger partial charge in [0.1, 0.15) is 11.5 Å². The van der Waals surface area contributed by atoms with Gasteiger partial charge in [-0.25, -0.2) is 9.97 Å². The summed E-state index contributed by atoms with van der Waals surface area (Å²) >= 11 is 0. The second kappa shape index (κ2) is 6.73. The van der Waals surface area contributed by atoms with E-state index in [-0.39, 0.29) is 11.9 Å². The van der Waals surface area contributed by atoms with Crippen molar-refractivity contribution in [1.82, 2.24) is 19.9 Å². The lowest BCUT2D eigenvalue weighted by molar-refractivity contribution is 0.0711. The van der Waals surface area contributed by atoms with Gasteiger partial charge in [-0.3, -0.25) is 9.78 Å². The van der Waals surface area contributed by atoms with E-state index < -0.39 is 0 Å². The number of hydrogen-bond donors (Lipinski definition) is 0. The molecule has 0 aromatic carbocycles. The van der Waals surface area contributed by atoms with Crippen LogP contribution in [0.1, 0.15) is 29.0 Å². The van der Waals surface area contributed by atoms with E-state index >= 15 is 0 Å². The zero-order valence-electron chi connectivity index (χ0n) is 13.5. The number of nitrogens with zero attached hydrogens (tertiary/aromatic N) is 5. The quantitative estimate of drug-likeness (QED) is 0.866. The van der Waals surface area contributed by atoms with Gasteiger partial charge in [-0.15, -0.1) is 0 Å². The molecule has 120 valence electrons. The maximum absolute atomic E-state index is 12.6.